The third-order valence-corrected chi connectivity index (χ3v) is 7.14. The Labute approximate surface area is 146 Å². The van der Waals surface area contributed by atoms with Gasteiger partial charge in [0.25, 0.3) is 0 Å². The Kier molecular flexibility index (Phi) is 5.69. The van der Waals surface area contributed by atoms with Crippen LogP contribution in [0.1, 0.15) is 9.75 Å². The number of thiophene rings is 1. The highest BCUT2D eigenvalue weighted by atomic mass is 32.2. The molecule has 0 unspecified atom stereocenters. The summed E-state index contributed by atoms with van der Waals surface area (Å²) in [7, 11) is -6.91. The maximum absolute atomic E-state index is 12.3. The van der Waals surface area contributed by atoms with Crippen LogP contribution in [0.5, 0.6) is 0 Å². The summed E-state index contributed by atoms with van der Waals surface area (Å²) < 4.78 is 50.5. The second-order valence-electron chi connectivity index (χ2n) is 5.37. The fourth-order valence-electron chi connectivity index (χ4n) is 2.27. The Balaban J connectivity index is 2.00. The van der Waals surface area contributed by atoms with E-state index in [1.807, 2.05) is 6.92 Å². The van der Waals surface area contributed by atoms with Crippen molar-refractivity contribution in [2.24, 2.45) is 0 Å². The first kappa shape index (κ1) is 18.9. The molecule has 0 aliphatic carbocycles. The first-order valence-corrected chi connectivity index (χ1v) is 11.4. The van der Waals surface area contributed by atoms with E-state index in [-0.39, 0.29) is 18.0 Å². The predicted octanol–water partition coefficient (Wildman–Crippen LogP) is 2.16. The summed E-state index contributed by atoms with van der Waals surface area (Å²) >= 11 is 1.44. The van der Waals surface area contributed by atoms with E-state index in [1.54, 1.807) is 31.2 Å². The van der Waals surface area contributed by atoms with Gasteiger partial charge in [-0.15, -0.1) is 11.3 Å². The van der Waals surface area contributed by atoms with Crippen molar-refractivity contribution in [2.75, 3.05) is 24.7 Å². The molecule has 0 aliphatic rings. The molecule has 0 atom stereocenters. The number of rotatable bonds is 7. The molecule has 1 aromatic heterocycles. The van der Waals surface area contributed by atoms with Crippen molar-refractivity contribution in [3.63, 3.8) is 0 Å². The van der Waals surface area contributed by atoms with Crippen LogP contribution in [0.4, 0.5) is 5.69 Å². The molecule has 9 heteroatoms. The molecule has 0 saturated carbocycles. The van der Waals surface area contributed by atoms with Gasteiger partial charge in [-0.1, -0.05) is 12.1 Å². The van der Waals surface area contributed by atoms with E-state index in [1.165, 1.54) is 17.4 Å². The highest BCUT2D eigenvalue weighted by Crippen LogP contribution is 2.24. The molecule has 1 aromatic carbocycles. The van der Waals surface area contributed by atoms with Gasteiger partial charge in [-0.05, 0) is 32.0 Å². The van der Waals surface area contributed by atoms with Crippen LogP contribution < -0.4 is 10.0 Å². The van der Waals surface area contributed by atoms with Gasteiger partial charge in [0.15, 0.2) is 9.84 Å². The largest absolute Gasteiger partial charge is 0.383 e. The number of aryl methyl sites for hydroxylation is 2. The summed E-state index contributed by atoms with van der Waals surface area (Å²) in [4.78, 5) is 2.17. The summed E-state index contributed by atoms with van der Waals surface area (Å²) in [5, 5.41) is 2.96. The standard InChI is InChI=1S/C15H20N2O4S3/c1-11-10-15(12(2)22-11)24(20,21)17-9-8-16-13-6-4-5-7-14(13)23(3,18)19/h4-7,10,16-17H,8-9H2,1-3H3. The summed E-state index contributed by atoms with van der Waals surface area (Å²) in [5.41, 5.74) is 0.460. The number of hydrogen-bond acceptors (Lipinski definition) is 6. The Bertz CT molecular complexity index is 931. The number of nitrogens with one attached hydrogen (secondary N) is 2. The van der Waals surface area contributed by atoms with Gasteiger partial charge >= 0.3 is 0 Å². The molecule has 2 aromatic rings. The zero-order valence-corrected chi connectivity index (χ0v) is 16.1. The van der Waals surface area contributed by atoms with Crippen molar-refractivity contribution in [3.05, 3.63) is 40.1 Å². The second-order valence-corrected chi connectivity index (χ2v) is 10.6. The van der Waals surface area contributed by atoms with Gasteiger partial charge in [-0.3, -0.25) is 0 Å². The molecule has 2 N–H and O–H groups in total. The van der Waals surface area contributed by atoms with Crippen molar-refractivity contribution in [1.82, 2.24) is 4.72 Å². The van der Waals surface area contributed by atoms with Gasteiger partial charge in [-0.2, -0.15) is 0 Å². The molecular formula is C15H20N2O4S3. The molecule has 24 heavy (non-hydrogen) atoms. The SMILES string of the molecule is Cc1cc(S(=O)(=O)NCCNc2ccccc2S(C)(=O)=O)c(C)s1. The average Bonchev–Trinajstić information content (AvgIpc) is 2.83. The predicted molar refractivity (Wildman–Crippen MR) is 97.0 cm³/mol. The highest BCUT2D eigenvalue weighted by Gasteiger charge is 2.18. The lowest BCUT2D eigenvalue weighted by molar-refractivity contribution is 0.582. The molecule has 0 amide bonds. The third-order valence-electron chi connectivity index (χ3n) is 3.30. The molecule has 0 spiro atoms. The Morgan fingerprint density at radius 1 is 1.00 bits per heavy atom. The van der Waals surface area contributed by atoms with Crippen LogP contribution in [0.3, 0.4) is 0 Å². The quantitative estimate of drug-likeness (QED) is 0.709. The lowest BCUT2D eigenvalue weighted by Crippen LogP contribution is -2.29. The molecule has 0 aliphatic heterocycles. The topological polar surface area (TPSA) is 92.3 Å². The Morgan fingerprint density at radius 3 is 2.25 bits per heavy atom. The lowest BCUT2D eigenvalue weighted by atomic mass is 10.3. The number of anilines is 1. The minimum atomic E-state index is -3.56. The summed E-state index contributed by atoms with van der Waals surface area (Å²) in [6.07, 6.45) is 1.14. The van der Waals surface area contributed by atoms with E-state index in [2.05, 4.69) is 10.0 Å². The van der Waals surface area contributed by atoms with Crippen molar-refractivity contribution >= 4 is 36.9 Å². The fourth-order valence-corrected chi connectivity index (χ4v) is 5.72. The number of sulfonamides is 1. The van der Waals surface area contributed by atoms with E-state index in [4.69, 9.17) is 0 Å². The average molecular weight is 389 g/mol. The van der Waals surface area contributed by atoms with Crippen molar-refractivity contribution < 1.29 is 16.8 Å². The Hall–Kier alpha value is -1.42. The summed E-state index contributed by atoms with van der Waals surface area (Å²) in [6.45, 7) is 4.05. The van der Waals surface area contributed by atoms with Gasteiger partial charge < -0.3 is 5.32 Å². The van der Waals surface area contributed by atoms with Crippen LogP contribution in [-0.4, -0.2) is 36.2 Å². The molecule has 0 fully saturated rings. The second kappa shape index (κ2) is 7.22. The number of benzene rings is 1. The summed E-state index contributed by atoms with van der Waals surface area (Å²) in [6, 6.07) is 8.18. The molecule has 0 radical (unpaired) electrons. The molecule has 2 rings (SSSR count). The monoisotopic (exact) mass is 388 g/mol. The first-order valence-electron chi connectivity index (χ1n) is 7.21. The zero-order chi connectivity index (χ0) is 18.0. The third kappa shape index (κ3) is 4.56. The minimum Gasteiger partial charge on any atom is -0.383 e. The maximum Gasteiger partial charge on any atom is 0.241 e. The van der Waals surface area contributed by atoms with Crippen molar-refractivity contribution in [2.45, 2.75) is 23.6 Å². The molecular weight excluding hydrogens is 368 g/mol. The summed E-state index contributed by atoms with van der Waals surface area (Å²) in [5.74, 6) is 0. The molecule has 0 bridgehead atoms. The zero-order valence-electron chi connectivity index (χ0n) is 13.7. The highest BCUT2D eigenvalue weighted by molar-refractivity contribution is 7.91. The molecule has 1 heterocycles. The van der Waals surface area contributed by atoms with Gasteiger partial charge in [0.2, 0.25) is 10.0 Å². The maximum atomic E-state index is 12.3. The van der Waals surface area contributed by atoms with Crippen LogP contribution in [0.15, 0.2) is 40.1 Å². The first-order chi connectivity index (χ1) is 11.1. The van der Waals surface area contributed by atoms with Gasteiger partial charge in [-0.25, -0.2) is 21.6 Å². The lowest BCUT2D eigenvalue weighted by Gasteiger charge is -2.11. The number of sulfone groups is 1. The number of para-hydroxylation sites is 1. The van der Waals surface area contributed by atoms with E-state index >= 15 is 0 Å². The molecule has 6 nitrogen and oxygen atoms in total. The minimum absolute atomic E-state index is 0.148. The molecule has 132 valence electrons. The van der Waals surface area contributed by atoms with Crippen molar-refractivity contribution in [3.8, 4) is 0 Å². The van der Waals surface area contributed by atoms with E-state index < -0.39 is 19.9 Å². The van der Waals surface area contributed by atoms with E-state index in [0.717, 1.165) is 16.0 Å². The van der Waals surface area contributed by atoms with Gasteiger partial charge in [0.05, 0.1) is 15.5 Å². The van der Waals surface area contributed by atoms with Crippen molar-refractivity contribution in [1.29, 1.82) is 0 Å². The van der Waals surface area contributed by atoms with E-state index in [0.29, 0.717) is 10.6 Å². The number of hydrogen-bond donors (Lipinski definition) is 2. The van der Waals surface area contributed by atoms with Gasteiger partial charge in [0.1, 0.15) is 0 Å². The smallest absolute Gasteiger partial charge is 0.241 e. The van der Waals surface area contributed by atoms with Crippen LogP contribution >= 0.6 is 11.3 Å². The fraction of sp³-hybridized carbons (Fsp3) is 0.333. The van der Waals surface area contributed by atoms with Crippen LogP contribution in [0, 0.1) is 13.8 Å². The molecule has 0 saturated heterocycles. The Morgan fingerprint density at radius 2 is 1.67 bits per heavy atom. The normalized spacial score (nSPS) is 12.3. The van der Waals surface area contributed by atoms with E-state index in [9.17, 15) is 16.8 Å². The van der Waals surface area contributed by atoms with Crippen LogP contribution in [0.25, 0.3) is 0 Å². The van der Waals surface area contributed by atoms with Crippen LogP contribution in [0.2, 0.25) is 0 Å². The van der Waals surface area contributed by atoms with Gasteiger partial charge in [0, 0.05) is 29.1 Å². The van der Waals surface area contributed by atoms with Crippen LogP contribution in [-0.2, 0) is 19.9 Å².